The first kappa shape index (κ1) is 20.5. The number of rotatable bonds is 6. The Morgan fingerprint density at radius 3 is 2.62 bits per heavy atom. The summed E-state index contributed by atoms with van der Waals surface area (Å²) < 4.78 is 13.2. The van der Waals surface area contributed by atoms with Crippen molar-refractivity contribution in [1.29, 1.82) is 0 Å². The van der Waals surface area contributed by atoms with E-state index in [1.807, 2.05) is 37.3 Å². The van der Waals surface area contributed by atoms with Crippen LogP contribution in [0.3, 0.4) is 0 Å². The number of amides is 3. The molecule has 0 saturated carbocycles. The van der Waals surface area contributed by atoms with Gasteiger partial charge in [0.05, 0.1) is 18.5 Å². The molecule has 3 amide bonds. The molecule has 7 heteroatoms. The number of benzene rings is 2. The molecule has 2 atom stereocenters. The number of anilines is 1. The van der Waals surface area contributed by atoms with E-state index in [0.29, 0.717) is 12.2 Å². The van der Waals surface area contributed by atoms with E-state index in [9.17, 15) is 18.8 Å². The molecule has 0 bridgehead atoms. The van der Waals surface area contributed by atoms with Gasteiger partial charge in [-0.1, -0.05) is 36.4 Å². The minimum Gasteiger partial charge on any atom is -0.336 e. The van der Waals surface area contributed by atoms with E-state index in [1.54, 1.807) is 11.0 Å². The zero-order valence-electron chi connectivity index (χ0n) is 16.5. The Balaban J connectivity index is 1.57. The smallest absolute Gasteiger partial charge is 0.243 e. The van der Waals surface area contributed by atoms with Gasteiger partial charge in [0.25, 0.3) is 0 Å². The molecule has 0 unspecified atom stereocenters. The number of halogens is 1. The summed E-state index contributed by atoms with van der Waals surface area (Å²) in [7, 11) is 1.53. The molecule has 1 N–H and O–H groups in total. The van der Waals surface area contributed by atoms with E-state index in [0.717, 1.165) is 5.56 Å². The molecule has 3 rings (SSSR count). The summed E-state index contributed by atoms with van der Waals surface area (Å²) >= 11 is 0. The van der Waals surface area contributed by atoms with Crippen molar-refractivity contribution in [2.45, 2.75) is 19.4 Å². The van der Waals surface area contributed by atoms with E-state index < -0.39 is 17.6 Å². The molecule has 2 aromatic carbocycles. The van der Waals surface area contributed by atoms with Crippen LogP contribution in [0.5, 0.6) is 0 Å². The second-order valence-electron chi connectivity index (χ2n) is 7.29. The normalized spacial score (nSPS) is 17.1. The molecule has 152 valence electrons. The molecular weight excluding hydrogens is 373 g/mol. The number of nitrogens with one attached hydrogen (secondary N) is 1. The van der Waals surface area contributed by atoms with Crippen molar-refractivity contribution in [2.24, 2.45) is 5.92 Å². The third-order valence-electron chi connectivity index (χ3n) is 5.12. The van der Waals surface area contributed by atoms with Crippen molar-refractivity contribution in [3.8, 4) is 0 Å². The molecule has 0 aromatic heterocycles. The van der Waals surface area contributed by atoms with Crippen LogP contribution >= 0.6 is 0 Å². The quantitative estimate of drug-likeness (QED) is 0.815. The first-order valence-corrected chi connectivity index (χ1v) is 9.50. The molecule has 6 nitrogen and oxygen atoms in total. The lowest BCUT2D eigenvalue weighted by Crippen LogP contribution is -2.39. The topological polar surface area (TPSA) is 69.7 Å². The Labute approximate surface area is 169 Å². The summed E-state index contributed by atoms with van der Waals surface area (Å²) in [6.07, 6.45) is 0.131. The molecule has 1 aliphatic heterocycles. The molecule has 1 heterocycles. The number of nitrogens with zero attached hydrogens (tertiary/aromatic N) is 2. The molecular formula is C22H24FN3O3. The predicted octanol–water partition coefficient (Wildman–Crippen LogP) is 2.83. The molecule has 1 saturated heterocycles. The van der Waals surface area contributed by atoms with Crippen LogP contribution in [0.2, 0.25) is 0 Å². The maximum Gasteiger partial charge on any atom is 0.243 e. The highest BCUT2D eigenvalue weighted by Gasteiger charge is 2.38. The molecule has 29 heavy (non-hydrogen) atoms. The highest BCUT2D eigenvalue weighted by molar-refractivity contribution is 5.96. The monoisotopic (exact) mass is 397 g/mol. The third kappa shape index (κ3) is 4.99. The predicted molar refractivity (Wildman–Crippen MR) is 107 cm³/mol. The Bertz CT molecular complexity index is 903. The van der Waals surface area contributed by atoms with Crippen molar-refractivity contribution >= 4 is 23.4 Å². The van der Waals surface area contributed by atoms with Gasteiger partial charge in [0.15, 0.2) is 0 Å². The van der Waals surface area contributed by atoms with Crippen molar-refractivity contribution in [3.05, 3.63) is 66.0 Å². The van der Waals surface area contributed by atoms with E-state index in [1.165, 1.54) is 30.1 Å². The van der Waals surface area contributed by atoms with Gasteiger partial charge in [-0.25, -0.2) is 4.39 Å². The summed E-state index contributed by atoms with van der Waals surface area (Å²) in [6.45, 7) is 2.09. The number of likely N-dealkylation sites (tertiary alicyclic amines) is 1. The van der Waals surface area contributed by atoms with Crippen LogP contribution in [0.25, 0.3) is 0 Å². The maximum absolute atomic E-state index is 13.2. The van der Waals surface area contributed by atoms with Crippen molar-refractivity contribution in [3.63, 3.8) is 0 Å². The number of hydrogen-bond donors (Lipinski definition) is 1. The van der Waals surface area contributed by atoms with Crippen LogP contribution in [0.1, 0.15) is 24.9 Å². The lowest BCUT2D eigenvalue weighted by atomic mass is 10.1. The maximum atomic E-state index is 13.2. The van der Waals surface area contributed by atoms with Crippen LogP contribution in [0.4, 0.5) is 10.1 Å². The second-order valence-corrected chi connectivity index (χ2v) is 7.29. The Hall–Kier alpha value is -3.22. The van der Waals surface area contributed by atoms with E-state index in [-0.39, 0.29) is 30.8 Å². The molecule has 0 spiro atoms. The van der Waals surface area contributed by atoms with Gasteiger partial charge in [0, 0.05) is 25.7 Å². The number of likely N-dealkylation sites (N-methyl/N-ethyl adjacent to an activating group) is 1. The SMILES string of the molecule is C[C@H](c1ccccc1)N1C[C@@H](C(=O)N(C)CC(=O)Nc2cccc(F)c2)CC1=O. The molecule has 2 aromatic rings. The van der Waals surface area contributed by atoms with E-state index >= 15 is 0 Å². The van der Waals surface area contributed by atoms with Crippen LogP contribution in [0, 0.1) is 11.7 Å². The zero-order valence-corrected chi connectivity index (χ0v) is 16.5. The highest BCUT2D eigenvalue weighted by atomic mass is 19.1. The molecule has 1 fully saturated rings. The fraction of sp³-hybridized carbons (Fsp3) is 0.318. The largest absolute Gasteiger partial charge is 0.336 e. The minimum absolute atomic E-state index is 0.0719. The Kier molecular flexibility index (Phi) is 6.26. The lowest BCUT2D eigenvalue weighted by Gasteiger charge is -2.26. The average Bonchev–Trinajstić information content (AvgIpc) is 3.09. The third-order valence-corrected chi connectivity index (χ3v) is 5.12. The fourth-order valence-electron chi connectivity index (χ4n) is 3.55. The average molecular weight is 397 g/mol. The molecule has 0 aliphatic carbocycles. The lowest BCUT2D eigenvalue weighted by molar-refractivity contribution is -0.137. The van der Waals surface area contributed by atoms with E-state index in [2.05, 4.69) is 5.32 Å². The number of carbonyl (C=O) groups excluding carboxylic acids is 3. The summed E-state index contributed by atoms with van der Waals surface area (Å²) in [6, 6.07) is 15.1. The van der Waals surface area contributed by atoms with Crippen molar-refractivity contribution in [1.82, 2.24) is 9.80 Å². The van der Waals surface area contributed by atoms with Crippen LogP contribution in [-0.2, 0) is 14.4 Å². The molecule has 0 radical (unpaired) electrons. The van der Waals surface area contributed by atoms with Gasteiger partial charge in [-0.15, -0.1) is 0 Å². The summed E-state index contributed by atoms with van der Waals surface area (Å²) in [5.41, 5.74) is 1.34. The first-order chi connectivity index (χ1) is 13.8. The van der Waals surface area contributed by atoms with Crippen LogP contribution in [-0.4, -0.2) is 47.7 Å². The van der Waals surface area contributed by atoms with Crippen molar-refractivity contribution in [2.75, 3.05) is 25.5 Å². The summed E-state index contributed by atoms with van der Waals surface area (Å²) in [4.78, 5) is 40.4. The van der Waals surface area contributed by atoms with Crippen LogP contribution < -0.4 is 5.32 Å². The second kappa shape index (κ2) is 8.86. The molecule has 1 aliphatic rings. The van der Waals surface area contributed by atoms with E-state index in [4.69, 9.17) is 0 Å². The zero-order chi connectivity index (χ0) is 21.0. The van der Waals surface area contributed by atoms with Crippen LogP contribution in [0.15, 0.2) is 54.6 Å². The number of carbonyl (C=O) groups is 3. The summed E-state index contributed by atoms with van der Waals surface area (Å²) in [5.74, 6) is -1.69. The highest BCUT2D eigenvalue weighted by Crippen LogP contribution is 2.29. The van der Waals surface area contributed by atoms with Gasteiger partial charge in [-0.3, -0.25) is 14.4 Å². The van der Waals surface area contributed by atoms with Gasteiger partial charge in [-0.2, -0.15) is 0 Å². The number of hydrogen-bond acceptors (Lipinski definition) is 3. The fourth-order valence-corrected chi connectivity index (χ4v) is 3.55. The van der Waals surface area contributed by atoms with Gasteiger partial charge < -0.3 is 15.1 Å². The van der Waals surface area contributed by atoms with Crippen molar-refractivity contribution < 1.29 is 18.8 Å². The Morgan fingerprint density at radius 2 is 1.93 bits per heavy atom. The van der Waals surface area contributed by atoms with Gasteiger partial charge in [0.2, 0.25) is 17.7 Å². The standard InChI is InChI=1S/C22H24FN3O3/c1-15(16-7-4-3-5-8-16)26-13-17(11-21(26)28)22(29)25(2)14-20(27)24-19-10-6-9-18(23)12-19/h3-10,12,15,17H,11,13-14H2,1-2H3,(H,24,27)/t15-,17+/m1/s1. The van der Waals surface area contributed by atoms with Gasteiger partial charge in [-0.05, 0) is 30.7 Å². The first-order valence-electron chi connectivity index (χ1n) is 9.50. The van der Waals surface area contributed by atoms with Gasteiger partial charge in [0.1, 0.15) is 5.82 Å². The minimum atomic E-state index is -0.486. The Morgan fingerprint density at radius 1 is 1.21 bits per heavy atom. The van der Waals surface area contributed by atoms with Gasteiger partial charge >= 0.3 is 0 Å². The summed E-state index contributed by atoms with van der Waals surface area (Å²) in [5, 5.41) is 2.57.